The van der Waals surface area contributed by atoms with Crippen molar-refractivity contribution in [1.82, 2.24) is 4.98 Å². The summed E-state index contributed by atoms with van der Waals surface area (Å²) in [4.78, 5) is 27.1. The first-order chi connectivity index (χ1) is 10.1. The maximum absolute atomic E-state index is 12.0. The molecule has 0 saturated heterocycles. The Hall–Kier alpha value is -2.60. The highest BCUT2D eigenvalue weighted by Crippen LogP contribution is 2.28. The smallest absolute Gasteiger partial charge is 0.257 e. The molecule has 0 saturated carbocycles. The standard InChI is InChI=1S/C15H15N3O3.ClH/c1-10(19)17-13-8-12(5-6-14(13)21-2)18-15(20)11-4-3-7-16-9-11;/h3-9H,1-2H3,(H,17,19)(H,18,20);1H. The zero-order valence-electron chi connectivity index (χ0n) is 12.1. The van der Waals surface area contributed by atoms with Crippen molar-refractivity contribution in [3.05, 3.63) is 48.3 Å². The van der Waals surface area contributed by atoms with E-state index >= 15 is 0 Å². The Morgan fingerprint density at radius 1 is 1.18 bits per heavy atom. The van der Waals surface area contributed by atoms with Crippen molar-refractivity contribution >= 4 is 35.6 Å². The maximum atomic E-state index is 12.0. The van der Waals surface area contributed by atoms with Crippen LogP contribution in [0.3, 0.4) is 0 Å². The molecule has 1 aromatic heterocycles. The summed E-state index contributed by atoms with van der Waals surface area (Å²) in [6, 6.07) is 8.35. The highest BCUT2D eigenvalue weighted by Gasteiger charge is 2.09. The van der Waals surface area contributed by atoms with Gasteiger partial charge < -0.3 is 15.4 Å². The summed E-state index contributed by atoms with van der Waals surface area (Å²) in [5, 5.41) is 5.39. The van der Waals surface area contributed by atoms with E-state index in [-0.39, 0.29) is 24.2 Å². The van der Waals surface area contributed by atoms with E-state index in [1.54, 1.807) is 36.5 Å². The number of pyridine rings is 1. The van der Waals surface area contributed by atoms with Gasteiger partial charge in [-0.05, 0) is 30.3 Å². The molecule has 0 aliphatic heterocycles. The van der Waals surface area contributed by atoms with Gasteiger partial charge in [0.2, 0.25) is 5.91 Å². The predicted octanol–water partition coefficient (Wildman–Crippen LogP) is 2.72. The number of anilines is 2. The van der Waals surface area contributed by atoms with Crippen molar-refractivity contribution < 1.29 is 14.3 Å². The highest BCUT2D eigenvalue weighted by atomic mass is 35.5. The summed E-state index contributed by atoms with van der Waals surface area (Å²) < 4.78 is 5.15. The summed E-state index contributed by atoms with van der Waals surface area (Å²) in [5.41, 5.74) is 1.50. The highest BCUT2D eigenvalue weighted by molar-refractivity contribution is 6.04. The minimum Gasteiger partial charge on any atom is -0.495 e. The summed E-state index contributed by atoms with van der Waals surface area (Å²) >= 11 is 0. The molecular formula is C15H16ClN3O3. The normalized spacial score (nSPS) is 9.36. The van der Waals surface area contributed by atoms with Crippen LogP contribution >= 0.6 is 12.4 Å². The van der Waals surface area contributed by atoms with Crippen molar-refractivity contribution in [1.29, 1.82) is 0 Å². The Kier molecular flexibility index (Phi) is 6.34. The second kappa shape index (κ2) is 7.99. The van der Waals surface area contributed by atoms with E-state index in [0.717, 1.165) is 0 Å². The molecule has 7 heteroatoms. The number of carbonyl (C=O) groups excluding carboxylic acids is 2. The molecule has 0 fully saturated rings. The van der Waals surface area contributed by atoms with Crippen molar-refractivity contribution in [2.24, 2.45) is 0 Å². The van der Waals surface area contributed by atoms with Gasteiger partial charge in [-0.3, -0.25) is 14.6 Å². The van der Waals surface area contributed by atoms with Crippen LogP contribution in [0, 0.1) is 0 Å². The number of halogens is 1. The Morgan fingerprint density at radius 2 is 1.95 bits per heavy atom. The molecule has 2 aromatic rings. The fraction of sp³-hybridized carbons (Fsp3) is 0.133. The predicted molar refractivity (Wildman–Crippen MR) is 86.7 cm³/mol. The second-order valence-electron chi connectivity index (χ2n) is 4.29. The Bertz CT molecular complexity index is 662. The number of carbonyl (C=O) groups is 2. The molecule has 0 atom stereocenters. The van der Waals surface area contributed by atoms with E-state index in [1.165, 1.54) is 20.2 Å². The molecule has 1 aromatic carbocycles. The lowest BCUT2D eigenvalue weighted by molar-refractivity contribution is -0.114. The first kappa shape index (κ1) is 17.5. The quantitative estimate of drug-likeness (QED) is 0.907. The number of aromatic nitrogens is 1. The summed E-state index contributed by atoms with van der Waals surface area (Å²) in [5.74, 6) is 0.0238. The molecule has 2 rings (SSSR count). The van der Waals surface area contributed by atoms with Gasteiger partial charge in [-0.2, -0.15) is 0 Å². The molecule has 22 heavy (non-hydrogen) atoms. The van der Waals surface area contributed by atoms with Crippen molar-refractivity contribution in [3.8, 4) is 5.75 Å². The van der Waals surface area contributed by atoms with E-state index in [9.17, 15) is 9.59 Å². The third kappa shape index (κ3) is 4.46. The zero-order chi connectivity index (χ0) is 15.2. The number of ether oxygens (including phenoxy) is 1. The lowest BCUT2D eigenvalue weighted by atomic mass is 10.2. The van der Waals surface area contributed by atoms with E-state index in [2.05, 4.69) is 15.6 Å². The van der Waals surface area contributed by atoms with Gasteiger partial charge in [0.05, 0.1) is 18.4 Å². The molecular weight excluding hydrogens is 306 g/mol. The van der Waals surface area contributed by atoms with Crippen molar-refractivity contribution in [3.63, 3.8) is 0 Å². The molecule has 0 bridgehead atoms. The third-order valence-corrected chi connectivity index (χ3v) is 2.69. The molecule has 0 unspecified atom stereocenters. The maximum Gasteiger partial charge on any atom is 0.257 e. The number of nitrogens with one attached hydrogen (secondary N) is 2. The number of rotatable bonds is 4. The Balaban J connectivity index is 0.00000242. The van der Waals surface area contributed by atoms with Gasteiger partial charge in [0.1, 0.15) is 5.75 Å². The van der Waals surface area contributed by atoms with Crippen LogP contribution in [0.5, 0.6) is 5.75 Å². The summed E-state index contributed by atoms with van der Waals surface area (Å²) in [6.07, 6.45) is 3.08. The van der Waals surface area contributed by atoms with Crippen LogP contribution in [-0.2, 0) is 4.79 Å². The van der Waals surface area contributed by atoms with Gasteiger partial charge >= 0.3 is 0 Å². The van der Waals surface area contributed by atoms with Crippen LogP contribution in [0.25, 0.3) is 0 Å². The number of nitrogens with zero attached hydrogens (tertiary/aromatic N) is 1. The molecule has 0 radical (unpaired) electrons. The number of hydrogen-bond donors (Lipinski definition) is 2. The van der Waals surface area contributed by atoms with Gasteiger partial charge in [-0.15, -0.1) is 12.4 Å². The van der Waals surface area contributed by atoms with Crippen LogP contribution < -0.4 is 15.4 Å². The number of amides is 2. The molecule has 2 N–H and O–H groups in total. The first-order valence-electron chi connectivity index (χ1n) is 6.27. The van der Waals surface area contributed by atoms with E-state index in [1.807, 2.05) is 0 Å². The number of benzene rings is 1. The number of methoxy groups -OCH3 is 1. The first-order valence-corrected chi connectivity index (χ1v) is 6.27. The zero-order valence-corrected chi connectivity index (χ0v) is 12.9. The largest absolute Gasteiger partial charge is 0.495 e. The average molecular weight is 322 g/mol. The molecule has 0 spiro atoms. The molecule has 1 heterocycles. The van der Waals surface area contributed by atoms with Crippen LogP contribution in [0.2, 0.25) is 0 Å². The lowest BCUT2D eigenvalue weighted by Crippen LogP contribution is -2.13. The molecule has 116 valence electrons. The minimum atomic E-state index is -0.276. The van der Waals surface area contributed by atoms with E-state index in [4.69, 9.17) is 4.74 Å². The third-order valence-electron chi connectivity index (χ3n) is 2.69. The van der Waals surface area contributed by atoms with Crippen LogP contribution in [0.4, 0.5) is 11.4 Å². The lowest BCUT2D eigenvalue weighted by Gasteiger charge is -2.11. The SMILES string of the molecule is COc1ccc(NC(=O)c2cccnc2)cc1NC(C)=O.Cl. The monoisotopic (exact) mass is 321 g/mol. The fourth-order valence-corrected chi connectivity index (χ4v) is 1.77. The second-order valence-corrected chi connectivity index (χ2v) is 4.29. The van der Waals surface area contributed by atoms with E-state index < -0.39 is 0 Å². The van der Waals surface area contributed by atoms with Gasteiger partial charge in [-0.25, -0.2) is 0 Å². The van der Waals surface area contributed by atoms with Gasteiger partial charge in [0.15, 0.2) is 0 Å². The Morgan fingerprint density at radius 3 is 2.55 bits per heavy atom. The molecule has 0 aliphatic carbocycles. The van der Waals surface area contributed by atoms with Crippen LogP contribution in [0.15, 0.2) is 42.7 Å². The number of hydrogen-bond acceptors (Lipinski definition) is 4. The summed E-state index contributed by atoms with van der Waals surface area (Å²) in [6.45, 7) is 1.40. The van der Waals surface area contributed by atoms with E-state index in [0.29, 0.717) is 22.7 Å². The average Bonchev–Trinajstić information content (AvgIpc) is 2.48. The fourth-order valence-electron chi connectivity index (χ4n) is 1.77. The van der Waals surface area contributed by atoms with Gasteiger partial charge in [0, 0.05) is 25.0 Å². The molecule has 6 nitrogen and oxygen atoms in total. The van der Waals surface area contributed by atoms with Crippen molar-refractivity contribution in [2.45, 2.75) is 6.92 Å². The topological polar surface area (TPSA) is 80.3 Å². The van der Waals surface area contributed by atoms with Gasteiger partial charge in [-0.1, -0.05) is 0 Å². The summed E-state index contributed by atoms with van der Waals surface area (Å²) in [7, 11) is 1.51. The van der Waals surface area contributed by atoms with Crippen molar-refractivity contribution in [2.75, 3.05) is 17.7 Å². The van der Waals surface area contributed by atoms with Crippen LogP contribution in [-0.4, -0.2) is 23.9 Å². The van der Waals surface area contributed by atoms with Crippen LogP contribution in [0.1, 0.15) is 17.3 Å². The molecule has 0 aliphatic rings. The Labute approximate surface area is 134 Å². The minimum absolute atomic E-state index is 0. The van der Waals surface area contributed by atoms with Gasteiger partial charge in [0.25, 0.3) is 5.91 Å². The molecule has 2 amide bonds.